The molecule has 0 fully saturated rings. The Hall–Kier alpha value is -2.30. The second-order valence-electron chi connectivity index (χ2n) is 4.88. The topological polar surface area (TPSA) is 87.0 Å². The van der Waals surface area contributed by atoms with Crippen LogP contribution in [0.2, 0.25) is 0 Å². The summed E-state index contributed by atoms with van der Waals surface area (Å²) in [6.45, 7) is 1.45. The zero-order chi connectivity index (χ0) is 18.8. The molecule has 25 heavy (non-hydrogen) atoms. The van der Waals surface area contributed by atoms with Gasteiger partial charge in [0, 0.05) is 12.3 Å². The van der Waals surface area contributed by atoms with E-state index in [4.69, 9.17) is 4.74 Å². The Morgan fingerprint density at radius 2 is 2.00 bits per heavy atom. The summed E-state index contributed by atoms with van der Waals surface area (Å²) >= 11 is 0. The van der Waals surface area contributed by atoms with Crippen molar-refractivity contribution in [2.45, 2.75) is 25.0 Å². The van der Waals surface area contributed by atoms with Crippen LogP contribution in [0.25, 0.3) is 5.65 Å². The van der Waals surface area contributed by atoms with Gasteiger partial charge in [-0.25, -0.2) is 18.2 Å². The van der Waals surface area contributed by atoms with E-state index in [0.717, 1.165) is 16.5 Å². The number of hydrogen-bond acceptors (Lipinski definition) is 6. The first kappa shape index (κ1) is 19.0. The van der Waals surface area contributed by atoms with E-state index in [1.165, 1.54) is 13.1 Å². The summed E-state index contributed by atoms with van der Waals surface area (Å²) in [7, 11) is -3.85. The first-order valence-electron chi connectivity index (χ1n) is 7.20. The molecular weight excluding hydrogens is 365 g/mol. The van der Waals surface area contributed by atoms with E-state index in [-0.39, 0.29) is 28.8 Å². The molecule has 2 heterocycles. The minimum absolute atomic E-state index is 0.0122. The van der Waals surface area contributed by atoms with E-state index < -0.39 is 34.3 Å². The smallest absolute Gasteiger partial charge is 0.422 e. The predicted molar refractivity (Wildman–Crippen MR) is 80.4 cm³/mol. The molecule has 2 aromatic rings. The summed E-state index contributed by atoms with van der Waals surface area (Å²) in [4.78, 5) is 15.9. The molecule has 0 radical (unpaired) electrons. The highest BCUT2D eigenvalue weighted by atomic mass is 32.2. The molecule has 0 aromatic carbocycles. The monoisotopic (exact) mass is 380 g/mol. The van der Waals surface area contributed by atoms with Gasteiger partial charge in [0.05, 0.1) is 12.4 Å². The molecule has 0 unspecified atom stereocenters. The van der Waals surface area contributed by atoms with Crippen LogP contribution in [0.5, 0.6) is 5.75 Å². The van der Waals surface area contributed by atoms with Crippen LogP contribution < -0.4 is 4.74 Å². The lowest BCUT2D eigenvalue weighted by Crippen LogP contribution is -2.19. The van der Waals surface area contributed by atoms with E-state index >= 15 is 0 Å². The van der Waals surface area contributed by atoms with E-state index in [0.29, 0.717) is 0 Å². The average molecular weight is 380 g/mol. The number of sulfone groups is 1. The molecule has 0 aliphatic rings. The van der Waals surface area contributed by atoms with Gasteiger partial charge in [0.2, 0.25) is 0 Å². The van der Waals surface area contributed by atoms with Crippen LogP contribution in [0.15, 0.2) is 23.4 Å². The fraction of sp³-hybridized carbons (Fsp3) is 0.429. The average Bonchev–Trinajstić information content (AvgIpc) is 2.92. The van der Waals surface area contributed by atoms with Gasteiger partial charge in [0.1, 0.15) is 11.4 Å². The second-order valence-corrected chi connectivity index (χ2v) is 7.08. The summed E-state index contributed by atoms with van der Waals surface area (Å²) in [5.41, 5.74) is -0.466. The zero-order valence-corrected chi connectivity index (χ0v) is 14.1. The van der Waals surface area contributed by atoms with E-state index in [9.17, 15) is 26.4 Å². The van der Waals surface area contributed by atoms with E-state index in [1.54, 1.807) is 6.92 Å². The van der Waals surface area contributed by atoms with Crippen molar-refractivity contribution in [3.05, 3.63) is 24.0 Å². The first-order chi connectivity index (χ1) is 11.6. The first-order valence-corrected chi connectivity index (χ1v) is 8.85. The second kappa shape index (κ2) is 6.90. The zero-order valence-electron chi connectivity index (χ0n) is 13.3. The number of rotatable bonds is 6. The number of aromatic nitrogens is 2. The summed E-state index contributed by atoms with van der Waals surface area (Å²) in [5, 5.41) is -0.370. The minimum Gasteiger partial charge on any atom is -0.484 e. The molecule has 0 spiro atoms. The Morgan fingerprint density at radius 1 is 1.32 bits per heavy atom. The summed E-state index contributed by atoms with van der Waals surface area (Å²) in [5.74, 6) is -1.39. The molecule has 0 aliphatic carbocycles. The maximum atomic E-state index is 12.3. The lowest BCUT2D eigenvalue weighted by molar-refractivity contribution is -0.153. The van der Waals surface area contributed by atoms with Crippen molar-refractivity contribution in [3.63, 3.8) is 0 Å². The van der Waals surface area contributed by atoms with Gasteiger partial charge in [0.25, 0.3) is 0 Å². The third-order valence-electron chi connectivity index (χ3n) is 3.10. The molecule has 0 amide bonds. The Kier molecular flexibility index (Phi) is 5.26. The normalized spacial score (nSPS) is 12.4. The fourth-order valence-corrected chi connectivity index (χ4v) is 3.18. The maximum Gasteiger partial charge on any atom is 0.422 e. The highest BCUT2D eigenvalue weighted by molar-refractivity contribution is 7.91. The van der Waals surface area contributed by atoms with Gasteiger partial charge in [0.15, 0.2) is 27.2 Å². The number of pyridine rings is 1. The van der Waals surface area contributed by atoms with Crippen molar-refractivity contribution in [2.75, 3.05) is 19.0 Å². The van der Waals surface area contributed by atoms with Crippen LogP contribution in [-0.2, 0) is 14.6 Å². The Balaban J connectivity index is 2.56. The molecule has 2 rings (SSSR count). The van der Waals surface area contributed by atoms with E-state index in [2.05, 4.69) is 9.72 Å². The predicted octanol–water partition coefficient (Wildman–Crippen LogP) is 2.25. The van der Waals surface area contributed by atoms with Crippen molar-refractivity contribution in [2.24, 2.45) is 0 Å². The standard InChI is InChI=1S/C14H15F3N2O5S/c1-3-23-13(20)11-12(25(21,22)4-2)19-6-5-9(7-10(19)18-11)24-8-14(15,16)17/h5-7H,3-4,8H2,1-2H3. The highest BCUT2D eigenvalue weighted by Gasteiger charge is 2.30. The lowest BCUT2D eigenvalue weighted by atomic mass is 10.4. The van der Waals surface area contributed by atoms with Gasteiger partial charge in [-0.2, -0.15) is 13.2 Å². The number of carbonyl (C=O) groups excluding carboxylic acids is 1. The highest BCUT2D eigenvalue weighted by Crippen LogP contribution is 2.25. The molecule has 0 saturated heterocycles. The molecule has 0 atom stereocenters. The third kappa shape index (κ3) is 4.21. The van der Waals surface area contributed by atoms with Gasteiger partial charge in [-0.1, -0.05) is 6.92 Å². The summed E-state index contributed by atoms with van der Waals surface area (Å²) in [6.07, 6.45) is -3.34. The van der Waals surface area contributed by atoms with Gasteiger partial charge in [-0.15, -0.1) is 0 Å². The van der Waals surface area contributed by atoms with Crippen molar-refractivity contribution < 1.29 is 35.9 Å². The Bertz CT molecular complexity index is 890. The Labute approximate surface area is 141 Å². The van der Waals surface area contributed by atoms with Crippen molar-refractivity contribution in [1.82, 2.24) is 9.38 Å². The van der Waals surface area contributed by atoms with Crippen LogP contribution in [0, 0.1) is 0 Å². The van der Waals surface area contributed by atoms with Crippen LogP contribution in [0.1, 0.15) is 24.3 Å². The molecule has 7 nitrogen and oxygen atoms in total. The SMILES string of the molecule is CCOC(=O)c1nc2cc(OCC(F)(F)F)ccn2c1S(=O)(=O)CC. The molecular formula is C14H15F3N2O5S. The number of halogens is 3. The minimum atomic E-state index is -4.52. The molecule has 2 aromatic heterocycles. The molecule has 138 valence electrons. The number of carbonyl (C=O) groups is 1. The number of alkyl halides is 3. The number of ether oxygens (including phenoxy) is 2. The molecule has 0 saturated carbocycles. The maximum absolute atomic E-state index is 12.3. The fourth-order valence-electron chi connectivity index (χ4n) is 2.02. The van der Waals surface area contributed by atoms with Crippen LogP contribution >= 0.6 is 0 Å². The summed E-state index contributed by atoms with van der Waals surface area (Å²) < 4.78 is 71.8. The number of fused-ring (bicyclic) bond motifs is 1. The largest absolute Gasteiger partial charge is 0.484 e. The molecule has 0 aliphatic heterocycles. The van der Waals surface area contributed by atoms with Gasteiger partial charge in [-0.05, 0) is 13.0 Å². The number of hydrogen-bond donors (Lipinski definition) is 0. The van der Waals surface area contributed by atoms with Crippen molar-refractivity contribution >= 4 is 21.5 Å². The van der Waals surface area contributed by atoms with Crippen molar-refractivity contribution in [1.29, 1.82) is 0 Å². The van der Waals surface area contributed by atoms with Gasteiger partial charge < -0.3 is 9.47 Å². The number of nitrogens with zero attached hydrogens (tertiary/aromatic N) is 2. The third-order valence-corrected chi connectivity index (χ3v) is 4.84. The Morgan fingerprint density at radius 3 is 2.56 bits per heavy atom. The molecule has 11 heteroatoms. The lowest BCUT2D eigenvalue weighted by Gasteiger charge is -2.09. The van der Waals surface area contributed by atoms with Crippen LogP contribution in [-0.4, -0.2) is 48.9 Å². The van der Waals surface area contributed by atoms with E-state index in [1.807, 2.05) is 0 Å². The molecule has 0 N–H and O–H groups in total. The van der Waals surface area contributed by atoms with Gasteiger partial charge in [-0.3, -0.25) is 4.40 Å². The van der Waals surface area contributed by atoms with Crippen LogP contribution in [0.3, 0.4) is 0 Å². The number of imidazole rings is 1. The molecule has 0 bridgehead atoms. The number of esters is 1. The van der Waals surface area contributed by atoms with Gasteiger partial charge >= 0.3 is 12.1 Å². The van der Waals surface area contributed by atoms with Crippen LogP contribution in [0.4, 0.5) is 13.2 Å². The summed E-state index contributed by atoms with van der Waals surface area (Å²) in [6, 6.07) is 2.27. The van der Waals surface area contributed by atoms with Crippen molar-refractivity contribution in [3.8, 4) is 5.75 Å². The quantitative estimate of drug-likeness (QED) is 0.715.